The average molecular weight is 208 g/mol. The molecule has 0 aliphatic carbocycles. The highest BCUT2D eigenvalue weighted by Crippen LogP contribution is 1.97. The van der Waals surface area contributed by atoms with Gasteiger partial charge in [0.25, 0.3) is 5.91 Å². The quantitative estimate of drug-likeness (QED) is 0.640. The van der Waals surface area contributed by atoms with Crippen LogP contribution in [0.4, 0.5) is 0 Å². The van der Waals surface area contributed by atoms with E-state index >= 15 is 0 Å². The molecule has 0 unspecified atom stereocenters. The Morgan fingerprint density at radius 1 is 1.33 bits per heavy atom. The van der Waals surface area contributed by atoms with Crippen LogP contribution in [0.3, 0.4) is 0 Å². The Hall–Kier alpha value is -1.88. The van der Waals surface area contributed by atoms with Gasteiger partial charge in [-0.15, -0.1) is 0 Å². The summed E-state index contributed by atoms with van der Waals surface area (Å²) in [5.74, 6) is -1.46. The van der Waals surface area contributed by atoms with Crippen molar-refractivity contribution in [3.8, 4) is 0 Å². The van der Waals surface area contributed by atoms with Crippen LogP contribution in [0.1, 0.15) is 10.4 Å². The molecule has 0 aromatic heterocycles. The highest BCUT2D eigenvalue weighted by Gasteiger charge is 2.12. The van der Waals surface area contributed by atoms with E-state index in [4.69, 9.17) is 10.8 Å². The number of hydrogen-bond donors (Lipinski definition) is 3. The molecule has 1 aromatic rings. The number of nitrogens with two attached hydrogens (primary N) is 1. The Morgan fingerprint density at radius 3 is 2.47 bits per heavy atom. The molecule has 0 aliphatic heterocycles. The van der Waals surface area contributed by atoms with Crippen molar-refractivity contribution in [1.29, 1.82) is 0 Å². The SMILES string of the molecule is N[C@H](CNC(=O)c1ccccc1)C(=O)O. The first-order chi connectivity index (χ1) is 7.11. The van der Waals surface area contributed by atoms with E-state index in [1.165, 1.54) is 0 Å². The van der Waals surface area contributed by atoms with E-state index in [1.807, 2.05) is 0 Å². The third-order valence-electron chi connectivity index (χ3n) is 1.84. The molecule has 1 atom stereocenters. The first-order valence-electron chi connectivity index (χ1n) is 4.43. The monoisotopic (exact) mass is 208 g/mol. The second-order valence-electron chi connectivity index (χ2n) is 3.02. The molecule has 1 rings (SSSR count). The van der Waals surface area contributed by atoms with Crippen LogP contribution in [0.25, 0.3) is 0 Å². The third kappa shape index (κ3) is 3.40. The molecule has 5 nitrogen and oxygen atoms in total. The van der Waals surface area contributed by atoms with Crippen LogP contribution in [0.15, 0.2) is 30.3 Å². The lowest BCUT2D eigenvalue weighted by atomic mass is 10.2. The summed E-state index contributed by atoms with van der Waals surface area (Å²) in [6, 6.07) is 7.46. The van der Waals surface area contributed by atoms with Crippen molar-refractivity contribution in [2.75, 3.05) is 6.54 Å². The number of rotatable bonds is 4. The standard InChI is InChI=1S/C10H12N2O3/c11-8(10(14)15)6-12-9(13)7-4-2-1-3-5-7/h1-5,8H,6,11H2,(H,12,13)(H,14,15)/t8-/m1/s1. The lowest BCUT2D eigenvalue weighted by molar-refractivity contribution is -0.138. The van der Waals surface area contributed by atoms with Crippen LogP contribution in [0.2, 0.25) is 0 Å². The molecule has 0 bridgehead atoms. The van der Waals surface area contributed by atoms with Gasteiger partial charge in [0.1, 0.15) is 6.04 Å². The number of carboxylic acid groups (broad SMARTS) is 1. The molecular weight excluding hydrogens is 196 g/mol. The molecule has 0 saturated heterocycles. The molecule has 0 heterocycles. The molecule has 4 N–H and O–H groups in total. The van der Waals surface area contributed by atoms with Crippen LogP contribution in [-0.4, -0.2) is 29.6 Å². The molecular formula is C10H12N2O3. The van der Waals surface area contributed by atoms with Gasteiger partial charge in [-0.1, -0.05) is 18.2 Å². The topological polar surface area (TPSA) is 92.4 Å². The fourth-order valence-electron chi connectivity index (χ4n) is 0.982. The zero-order valence-electron chi connectivity index (χ0n) is 8.01. The van der Waals surface area contributed by atoms with Gasteiger partial charge in [0, 0.05) is 12.1 Å². The minimum Gasteiger partial charge on any atom is -0.480 e. The lowest BCUT2D eigenvalue weighted by Gasteiger charge is -2.08. The molecule has 0 radical (unpaired) electrons. The minimum absolute atomic E-state index is 0.0803. The molecule has 1 amide bonds. The number of aliphatic carboxylic acids is 1. The van der Waals surface area contributed by atoms with Crippen molar-refractivity contribution in [1.82, 2.24) is 5.32 Å². The second-order valence-corrected chi connectivity index (χ2v) is 3.02. The third-order valence-corrected chi connectivity index (χ3v) is 1.84. The zero-order chi connectivity index (χ0) is 11.3. The summed E-state index contributed by atoms with van der Waals surface area (Å²) >= 11 is 0. The summed E-state index contributed by atoms with van der Waals surface area (Å²) < 4.78 is 0. The number of amides is 1. The number of carboxylic acids is 1. The minimum atomic E-state index is -1.14. The summed E-state index contributed by atoms with van der Waals surface area (Å²) in [4.78, 5) is 21.8. The van der Waals surface area contributed by atoms with E-state index in [2.05, 4.69) is 5.32 Å². The van der Waals surface area contributed by atoms with Crippen molar-refractivity contribution < 1.29 is 14.7 Å². The maximum atomic E-state index is 11.4. The highest BCUT2D eigenvalue weighted by atomic mass is 16.4. The second kappa shape index (κ2) is 5.11. The van der Waals surface area contributed by atoms with Crippen molar-refractivity contribution in [2.24, 2.45) is 5.73 Å². The molecule has 80 valence electrons. The van der Waals surface area contributed by atoms with E-state index < -0.39 is 12.0 Å². The van der Waals surface area contributed by atoms with Crippen LogP contribution in [0, 0.1) is 0 Å². The Morgan fingerprint density at radius 2 is 1.93 bits per heavy atom. The number of carbonyl (C=O) groups excluding carboxylic acids is 1. The van der Waals surface area contributed by atoms with E-state index in [1.54, 1.807) is 30.3 Å². The molecule has 15 heavy (non-hydrogen) atoms. The average Bonchev–Trinajstić information content (AvgIpc) is 2.26. The van der Waals surface area contributed by atoms with Crippen molar-refractivity contribution in [3.05, 3.63) is 35.9 Å². The first kappa shape index (κ1) is 11.2. The van der Waals surface area contributed by atoms with Crippen molar-refractivity contribution in [3.63, 3.8) is 0 Å². The molecule has 0 saturated carbocycles. The summed E-state index contributed by atoms with van der Waals surface area (Å²) in [6.45, 7) is -0.0803. The smallest absolute Gasteiger partial charge is 0.322 e. The number of carbonyl (C=O) groups is 2. The highest BCUT2D eigenvalue weighted by molar-refractivity contribution is 5.94. The van der Waals surface area contributed by atoms with E-state index in [0.717, 1.165) is 0 Å². The number of nitrogens with one attached hydrogen (secondary N) is 1. The molecule has 5 heteroatoms. The van der Waals surface area contributed by atoms with Crippen molar-refractivity contribution >= 4 is 11.9 Å². The van der Waals surface area contributed by atoms with Gasteiger partial charge in [-0.3, -0.25) is 9.59 Å². The van der Waals surface area contributed by atoms with Crippen LogP contribution < -0.4 is 11.1 Å². The number of hydrogen-bond acceptors (Lipinski definition) is 3. The van der Waals surface area contributed by atoms with Crippen LogP contribution in [-0.2, 0) is 4.79 Å². The van der Waals surface area contributed by atoms with Gasteiger partial charge in [-0.05, 0) is 12.1 Å². The maximum absolute atomic E-state index is 11.4. The summed E-state index contributed by atoms with van der Waals surface area (Å²) in [5, 5.41) is 10.9. The molecule has 0 fully saturated rings. The predicted molar refractivity (Wildman–Crippen MR) is 54.4 cm³/mol. The Kier molecular flexibility index (Phi) is 3.82. The van der Waals surface area contributed by atoms with E-state index in [9.17, 15) is 9.59 Å². The zero-order valence-corrected chi connectivity index (χ0v) is 8.01. The largest absolute Gasteiger partial charge is 0.480 e. The number of benzene rings is 1. The maximum Gasteiger partial charge on any atom is 0.322 e. The lowest BCUT2D eigenvalue weighted by Crippen LogP contribution is -2.42. The fraction of sp³-hybridized carbons (Fsp3) is 0.200. The first-order valence-corrected chi connectivity index (χ1v) is 4.43. The van der Waals surface area contributed by atoms with Gasteiger partial charge < -0.3 is 16.2 Å². The van der Waals surface area contributed by atoms with E-state index in [0.29, 0.717) is 5.56 Å². The van der Waals surface area contributed by atoms with E-state index in [-0.39, 0.29) is 12.5 Å². The van der Waals surface area contributed by atoms with Crippen LogP contribution >= 0.6 is 0 Å². The normalized spacial score (nSPS) is 11.8. The van der Waals surface area contributed by atoms with Gasteiger partial charge in [-0.25, -0.2) is 0 Å². The Balaban J connectivity index is 2.47. The summed E-state index contributed by atoms with van der Waals surface area (Å²) in [6.07, 6.45) is 0. The van der Waals surface area contributed by atoms with Gasteiger partial charge in [0.2, 0.25) is 0 Å². The van der Waals surface area contributed by atoms with Gasteiger partial charge in [0.15, 0.2) is 0 Å². The Bertz CT molecular complexity index is 351. The predicted octanol–water partition coefficient (Wildman–Crippen LogP) is -0.172. The van der Waals surface area contributed by atoms with Gasteiger partial charge >= 0.3 is 5.97 Å². The molecule has 1 aromatic carbocycles. The summed E-state index contributed by atoms with van der Waals surface area (Å²) in [7, 11) is 0. The van der Waals surface area contributed by atoms with Gasteiger partial charge in [0.05, 0.1) is 0 Å². The molecule has 0 aliphatic rings. The van der Waals surface area contributed by atoms with Crippen LogP contribution in [0.5, 0.6) is 0 Å². The van der Waals surface area contributed by atoms with Crippen molar-refractivity contribution in [2.45, 2.75) is 6.04 Å². The fourth-order valence-corrected chi connectivity index (χ4v) is 0.982. The van der Waals surface area contributed by atoms with Gasteiger partial charge in [-0.2, -0.15) is 0 Å². The molecule has 0 spiro atoms. The Labute approximate surface area is 86.9 Å². The summed E-state index contributed by atoms with van der Waals surface area (Å²) in [5.41, 5.74) is 5.71.